The Bertz CT molecular complexity index is 294. The second kappa shape index (κ2) is 1.75. The van der Waals surface area contributed by atoms with Gasteiger partial charge in [0.05, 0.1) is 4.34 Å². The van der Waals surface area contributed by atoms with E-state index in [0.29, 0.717) is 0 Å². The molecule has 2 rings (SSSR count). The SMILES string of the molecule is Clc1cc2cc[nH]c2s1. The molecule has 0 radical (unpaired) electrons. The number of aromatic amines is 1. The lowest BCUT2D eigenvalue weighted by molar-refractivity contribution is 1.51. The lowest BCUT2D eigenvalue weighted by Crippen LogP contribution is -1.46. The Labute approximate surface area is 61.3 Å². The predicted octanol–water partition coefficient (Wildman–Crippen LogP) is 2.88. The molecule has 46 valence electrons. The number of hydrogen-bond donors (Lipinski definition) is 1. The van der Waals surface area contributed by atoms with E-state index in [-0.39, 0.29) is 0 Å². The van der Waals surface area contributed by atoms with Crippen molar-refractivity contribution in [3.63, 3.8) is 0 Å². The molecule has 0 atom stereocenters. The molecule has 0 aliphatic heterocycles. The zero-order valence-corrected chi connectivity index (χ0v) is 6.09. The third-order valence-corrected chi connectivity index (χ3v) is 2.42. The van der Waals surface area contributed by atoms with E-state index in [4.69, 9.17) is 11.6 Å². The summed E-state index contributed by atoms with van der Waals surface area (Å²) in [5.74, 6) is 0. The van der Waals surface area contributed by atoms with Crippen LogP contribution in [0.25, 0.3) is 10.2 Å². The summed E-state index contributed by atoms with van der Waals surface area (Å²) in [6, 6.07) is 3.97. The number of hydrogen-bond acceptors (Lipinski definition) is 1. The van der Waals surface area contributed by atoms with Crippen LogP contribution < -0.4 is 0 Å². The van der Waals surface area contributed by atoms with Crippen molar-refractivity contribution in [2.45, 2.75) is 0 Å². The molecule has 9 heavy (non-hydrogen) atoms. The van der Waals surface area contributed by atoms with Gasteiger partial charge in [-0.2, -0.15) is 0 Å². The maximum atomic E-state index is 5.72. The number of fused-ring (bicyclic) bond motifs is 1. The fourth-order valence-corrected chi connectivity index (χ4v) is 1.92. The molecular formula is C6H4ClNS. The number of rotatable bonds is 0. The van der Waals surface area contributed by atoms with Gasteiger partial charge in [0.1, 0.15) is 4.83 Å². The summed E-state index contributed by atoms with van der Waals surface area (Å²) >= 11 is 7.29. The van der Waals surface area contributed by atoms with Crippen molar-refractivity contribution in [1.29, 1.82) is 0 Å². The fraction of sp³-hybridized carbons (Fsp3) is 0. The molecule has 0 fully saturated rings. The number of nitrogens with one attached hydrogen (secondary N) is 1. The largest absolute Gasteiger partial charge is 0.353 e. The molecule has 2 aromatic heterocycles. The molecule has 0 aromatic carbocycles. The molecule has 3 heteroatoms. The molecule has 1 N–H and O–H groups in total. The first kappa shape index (κ1) is 5.33. The summed E-state index contributed by atoms with van der Waals surface area (Å²) in [5, 5.41) is 1.20. The molecule has 0 saturated heterocycles. The van der Waals surface area contributed by atoms with Gasteiger partial charge in [0, 0.05) is 11.6 Å². The van der Waals surface area contributed by atoms with E-state index in [1.165, 1.54) is 5.39 Å². The van der Waals surface area contributed by atoms with Crippen molar-refractivity contribution >= 4 is 33.2 Å². The van der Waals surface area contributed by atoms with Crippen LogP contribution in [0.1, 0.15) is 0 Å². The average Bonchev–Trinajstić information content (AvgIpc) is 2.22. The van der Waals surface area contributed by atoms with E-state index >= 15 is 0 Å². The molecular weight excluding hydrogens is 154 g/mol. The number of H-pyrrole nitrogens is 1. The third kappa shape index (κ3) is 0.749. The van der Waals surface area contributed by atoms with Crippen molar-refractivity contribution < 1.29 is 0 Å². The summed E-state index contributed by atoms with van der Waals surface area (Å²) in [4.78, 5) is 4.23. The fourth-order valence-electron chi connectivity index (χ4n) is 0.817. The summed E-state index contributed by atoms with van der Waals surface area (Å²) in [6.07, 6.45) is 1.91. The molecule has 2 heterocycles. The molecule has 0 unspecified atom stereocenters. The van der Waals surface area contributed by atoms with Gasteiger partial charge in [0.15, 0.2) is 0 Å². The highest BCUT2D eigenvalue weighted by Crippen LogP contribution is 2.27. The van der Waals surface area contributed by atoms with Crippen LogP contribution in [0.4, 0.5) is 0 Å². The smallest absolute Gasteiger partial charge is 0.101 e. The zero-order chi connectivity index (χ0) is 6.27. The first-order chi connectivity index (χ1) is 4.36. The van der Waals surface area contributed by atoms with Gasteiger partial charge in [0.25, 0.3) is 0 Å². The van der Waals surface area contributed by atoms with Crippen molar-refractivity contribution in [2.24, 2.45) is 0 Å². The Hall–Kier alpha value is -0.470. The van der Waals surface area contributed by atoms with Gasteiger partial charge in [-0.1, -0.05) is 11.6 Å². The third-order valence-electron chi connectivity index (χ3n) is 1.21. The summed E-state index contributed by atoms with van der Waals surface area (Å²) < 4.78 is 0.844. The van der Waals surface area contributed by atoms with E-state index in [1.54, 1.807) is 11.3 Å². The molecule has 0 aliphatic rings. The second-order valence-electron chi connectivity index (χ2n) is 1.81. The number of aromatic nitrogens is 1. The molecule has 2 aromatic rings. The van der Waals surface area contributed by atoms with Gasteiger partial charge < -0.3 is 4.98 Å². The molecule has 0 spiro atoms. The highest BCUT2D eigenvalue weighted by atomic mass is 35.5. The van der Waals surface area contributed by atoms with E-state index in [0.717, 1.165) is 9.17 Å². The van der Waals surface area contributed by atoms with Crippen molar-refractivity contribution in [3.8, 4) is 0 Å². The monoisotopic (exact) mass is 157 g/mol. The topological polar surface area (TPSA) is 15.8 Å². The van der Waals surface area contributed by atoms with Gasteiger partial charge in [-0.15, -0.1) is 11.3 Å². The van der Waals surface area contributed by atoms with Gasteiger partial charge in [-0.3, -0.25) is 0 Å². The molecule has 0 bridgehead atoms. The van der Waals surface area contributed by atoms with Crippen LogP contribution in [0.15, 0.2) is 18.3 Å². The average molecular weight is 158 g/mol. The Morgan fingerprint density at radius 2 is 2.44 bits per heavy atom. The van der Waals surface area contributed by atoms with Crippen LogP contribution in [0.3, 0.4) is 0 Å². The van der Waals surface area contributed by atoms with Crippen LogP contribution in [0.2, 0.25) is 4.34 Å². The Balaban J connectivity index is 2.92. The van der Waals surface area contributed by atoms with E-state index in [1.807, 2.05) is 18.3 Å². The molecule has 0 saturated carbocycles. The first-order valence-electron chi connectivity index (χ1n) is 2.59. The highest BCUT2D eigenvalue weighted by molar-refractivity contribution is 7.22. The maximum absolute atomic E-state index is 5.72. The standard InChI is InChI=1S/C6H4ClNS/c7-5-3-4-1-2-8-6(4)9-5/h1-3,8H. The normalized spacial score (nSPS) is 10.8. The van der Waals surface area contributed by atoms with Crippen molar-refractivity contribution in [2.75, 3.05) is 0 Å². The second-order valence-corrected chi connectivity index (χ2v) is 3.50. The van der Waals surface area contributed by atoms with Gasteiger partial charge in [-0.05, 0) is 12.1 Å². The number of halogens is 1. The highest BCUT2D eigenvalue weighted by Gasteiger charge is 1.97. The van der Waals surface area contributed by atoms with Crippen LogP contribution in [-0.4, -0.2) is 4.98 Å². The minimum Gasteiger partial charge on any atom is -0.353 e. The molecule has 0 aliphatic carbocycles. The van der Waals surface area contributed by atoms with E-state index in [2.05, 4.69) is 4.98 Å². The predicted molar refractivity (Wildman–Crippen MR) is 41.2 cm³/mol. The van der Waals surface area contributed by atoms with Crippen LogP contribution >= 0.6 is 22.9 Å². The molecule has 1 nitrogen and oxygen atoms in total. The van der Waals surface area contributed by atoms with Crippen molar-refractivity contribution in [1.82, 2.24) is 4.98 Å². The van der Waals surface area contributed by atoms with Crippen LogP contribution in [-0.2, 0) is 0 Å². The van der Waals surface area contributed by atoms with Gasteiger partial charge in [0.2, 0.25) is 0 Å². The van der Waals surface area contributed by atoms with Crippen molar-refractivity contribution in [3.05, 3.63) is 22.7 Å². The van der Waals surface area contributed by atoms with Gasteiger partial charge >= 0.3 is 0 Å². The first-order valence-corrected chi connectivity index (χ1v) is 3.78. The number of thiophene rings is 1. The van der Waals surface area contributed by atoms with Gasteiger partial charge in [-0.25, -0.2) is 0 Å². The zero-order valence-electron chi connectivity index (χ0n) is 4.52. The summed E-state index contributed by atoms with van der Waals surface area (Å²) in [6.45, 7) is 0. The lowest BCUT2D eigenvalue weighted by atomic mass is 10.4. The quantitative estimate of drug-likeness (QED) is 0.606. The summed E-state index contributed by atoms with van der Waals surface area (Å²) in [5.41, 5.74) is 0. The van der Waals surface area contributed by atoms with E-state index < -0.39 is 0 Å². The van der Waals surface area contributed by atoms with Crippen LogP contribution in [0.5, 0.6) is 0 Å². The van der Waals surface area contributed by atoms with Crippen LogP contribution in [0, 0.1) is 0 Å². The molecule has 0 amide bonds. The Kier molecular flexibility index (Phi) is 1.04. The Morgan fingerprint density at radius 3 is 3.22 bits per heavy atom. The van der Waals surface area contributed by atoms with E-state index in [9.17, 15) is 0 Å². The summed E-state index contributed by atoms with van der Waals surface area (Å²) in [7, 11) is 0. The minimum absolute atomic E-state index is 0.844. The lowest BCUT2D eigenvalue weighted by Gasteiger charge is -1.68. The Morgan fingerprint density at radius 1 is 1.56 bits per heavy atom. The minimum atomic E-state index is 0.844. The maximum Gasteiger partial charge on any atom is 0.101 e.